The average Bonchev–Trinajstić information content (AvgIpc) is 1.95. The highest BCUT2D eigenvalue weighted by Gasteiger charge is 2.02. The third-order valence-electron chi connectivity index (χ3n) is 1.22. The van der Waals surface area contributed by atoms with E-state index in [1.807, 2.05) is 0 Å². The Labute approximate surface area is 63.8 Å². The average molecular weight is 160 g/mol. The lowest BCUT2D eigenvalue weighted by atomic mass is 10.3. The molecule has 3 heteroatoms. The number of hydrogen-bond donors (Lipinski definition) is 1. The molecule has 1 aromatic rings. The molecule has 0 radical (unpaired) electrons. The monoisotopic (exact) mass is 159 g/mol. The highest BCUT2D eigenvalue weighted by molar-refractivity contribution is 6.31. The van der Waals surface area contributed by atoms with E-state index in [-0.39, 0.29) is 5.02 Å². The third-order valence-corrected chi connectivity index (χ3v) is 1.51. The Bertz CT molecular complexity index is 237. The summed E-state index contributed by atoms with van der Waals surface area (Å²) in [5, 5.41) is 2.82. The van der Waals surface area contributed by atoms with Crippen molar-refractivity contribution >= 4 is 17.3 Å². The van der Waals surface area contributed by atoms with Gasteiger partial charge in [0.1, 0.15) is 0 Å². The molecule has 0 aromatic heterocycles. The van der Waals surface area contributed by atoms with Crippen molar-refractivity contribution in [3.63, 3.8) is 0 Å². The highest BCUT2D eigenvalue weighted by Crippen LogP contribution is 2.20. The van der Waals surface area contributed by atoms with Gasteiger partial charge < -0.3 is 5.32 Å². The molecule has 0 unspecified atom stereocenters. The van der Waals surface area contributed by atoms with Crippen LogP contribution in [-0.4, -0.2) is 7.05 Å². The van der Waals surface area contributed by atoms with Gasteiger partial charge in [0.2, 0.25) is 0 Å². The van der Waals surface area contributed by atoms with E-state index in [0.717, 1.165) is 0 Å². The maximum Gasteiger partial charge on any atom is 0.164 e. The fraction of sp³-hybridized carbons (Fsp3) is 0.143. The Kier molecular flexibility index (Phi) is 2.12. The molecule has 0 aliphatic carbocycles. The minimum absolute atomic E-state index is 0.145. The Morgan fingerprint density at radius 3 is 2.70 bits per heavy atom. The van der Waals surface area contributed by atoms with Crippen LogP contribution in [0.25, 0.3) is 0 Å². The van der Waals surface area contributed by atoms with Crippen LogP contribution in [0.4, 0.5) is 10.1 Å². The maximum atomic E-state index is 12.8. The van der Waals surface area contributed by atoms with Gasteiger partial charge in [-0.25, -0.2) is 4.39 Å². The van der Waals surface area contributed by atoms with Crippen LogP contribution in [0.3, 0.4) is 0 Å². The molecule has 0 saturated carbocycles. The summed E-state index contributed by atoms with van der Waals surface area (Å²) < 4.78 is 12.8. The lowest BCUT2D eigenvalue weighted by Gasteiger charge is -2.01. The van der Waals surface area contributed by atoms with E-state index in [1.165, 1.54) is 6.07 Å². The summed E-state index contributed by atoms with van der Waals surface area (Å²) in [4.78, 5) is 0. The zero-order valence-electron chi connectivity index (χ0n) is 5.49. The summed E-state index contributed by atoms with van der Waals surface area (Å²) in [5.41, 5.74) is 0.424. The molecular formula is C7H7ClFN. The van der Waals surface area contributed by atoms with Gasteiger partial charge in [-0.1, -0.05) is 17.7 Å². The number of halogens is 2. The van der Waals surface area contributed by atoms with Gasteiger partial charge in [-0.05, 0) is 12.1 Å². The van der Waals surface area contributed by atoms with Gasteiger partial charge in [0.15, 0.2) is 5.82 Å². The lowest BCUT2D eigenvalue weighted by molar-refractivity contribution is 0.632. The van der Waals surface area contributed by atoms with Crippen LogP contribution in [0.2, 0.25) is 5.02 Å². The first-order chi connectivity index (χ1) is 4.75. The number of benzene rings is 1. The van der Waals surface area contributed by atoms with Gasteiger partial charge in [0.25, 0.3) is 0 Å². The SMILES string of the molecule is CNc1cccc(Cl)c1F. The molecule has 0 spiro atoms. The molecule has 0 amide bonds. The molecule has 0 fully saturated rings. The number of rotatable bonds is 1. The second-order valence-corrected chi connectivity index (χ2v) is 2.26. The molecule has 0 atom stereocenters. The van der Waals surface area contributed by atoms with Gasteiger partial charge in [0, 0.05) is 7.05 Å². The zero-order chi connectivity index (χ0) is 7.56. The topological polar surface area (TPSA) is 12.0 Å². The summed E-state index contributed by atoms with van der Waals surface area (Å²) in [6.45, 7) is 0. The van der Waals surface area contributed by atoms with E-state index >= 15 is 0 Å². The first-order valence-electron chi connectivity index (χ1n) is 2.87. The summed E-state index contributed by atoms with van der Waals surface area (Å²) in [6.07, 6.45) is 0. The molecule has 1 nitrogen and oxygen atoms in total. The molecule has 0 bridgehead atoms. The van der Waals surface area contributed by atoms with Gasteiger partial charge in [-0.2, -0.15) is 0 Å². The number of anilines is 1. The van der Waals surface area contributed by atoms with Crippen LogP contribution in [0.5, 0.6) is 0 Å². The van der Waals surface area contributed by atoms with Gasteiger partial charge in [-0.3, -0.25) is 0 Å². The zero-order valence-corrected chi connectivity index (χ0v) is 6.24. The molecule has 1 N–H and O–H groups in total. The molecule has 10 heavy (non-hydrogen) atoms. The van der Waals surface area contributed by atoms with E-state index in [9.17, 15) is 4.39 Å². The highest BCUT2D eigenvalue weighted by atomic mass is 35.5. The van der Waals surface area contributed by atoms with E-state index in [1.54, 1.807) is 19.2 Å². The summed E-state index contributed by atoms with van der Waals surface area (Å²) in [7, 11) is 1.65. The van der Waals surface area contributed by atoms with Gasteiger partial charge in [-0.15, -0.1) is 0 Å². The van der Waals surface area contributed by atoms with Crippen LogP contribution in [0, 0.1) is 5.82 Å². The fourth-order valence-electron chi connectivity index (χ4n) is 0.697. The van der Waals surface area contributed by atoms with Crippen molar-refractivity contribution in [1.82, 2.24) is 0 Å². The van der Waals surface area contributed by atoms with Crippen molar-refractivity contribution in [3.05, 3.63) is 29.0 Å². The quantitative estimate of drug-likeness (QED) is 0.664. The van der Waals surface area contributed by atoms with E-state index in [4.69, 9.17) is 11.6 Å². The second kappa shape index (κ2) is 2.88. The molecule has 0 aliphatic heterocycles. The summed E-state index contributed by atoms with van der Waals surface area (Å²) in [5.74, 6) is -0.397. The standard InChI is InChI=1S/C7H7ClFN/c1-10-6-4-2-3-5(8)7(6)9/h2-4,10H,1H3. The van der Waals surface area contributed by atoms with Gasteiger partial charge >= 0.3 is 0 Å². The Balaban J connectivity index is 3.14. The van der Waals surface area contributed by atoms with Crippen LogP contribution in [-0.2, 0) is 0 Å². The largest absolute Gasteiger partial charge is 0.386 e. The van der Waals surface area contributed by atoms with Crippen molar-refractivity contribution in [2.24, 2.45) is 0 Å². The first-order valence-corrected chi connectivity index (χ1v) is 3.25. The number of hydrogen-bond acceptors (Lipinski definition) is 1. The van der Waals surface area contributed by atoms with Gasteiger partial charge in [0.05, 0.1) is 10.7 Å². The first kappa shape index (κ1) is 7.35. The van der Waals surface area contributed by atoms with E-state index in [2.05, 4.69) is 5.32 Å². The predicted molar refractivity (Wildman–Crippen MR) is 41.0 cm³/mol. The van der Waals surface area contributed by atoms with Crippen LogP contribution >= 0.6 is 11.6 Å². The Morgan fingerprint density at radius 1 is 1.50 bits per heavy atom. The maximum absolute atomic E-state index is 12.8. The molecule has 54 valence electrons. The minimum atomic E-state index is -0.397. The van der Waals surface area contributed by atoms with E-state index in [0.29, 0.717) is 5.69 Å². The second-order valence-electron chi connectivity index (χ2n) is 1.85. The minimum Gasteiger partial charge on any atom is -0.386 e. The summed E-state index contributed by atoms with van der Waals surface area (Å²) in [6, 6.07) is 4.83. The molecule has 0 saturated heterocycles. The van der Waals surface area contributed by atoms with Crippen molar-refractivity contribution in [1.29, 1.82) is 0 Å². The summed E-state index contributed by atoms with van der Waals surface area (Å²) >= 11 is 5.48. The van der Waals surface area contributed by atoms with E-state index < -0.39 is 5.82 Å². The van der Waals surface area contributed by atoms with Crippen LogP contribution < -0.4 is 5.32 Å². The van der Waals surface area contributed by atoms with Crippen LogP contribution in [0.15, 0.2) is 18.2 Å². The lowest BCUT2D eigenvalue weighted by Crippen LogP contribution is -1.91. The molecule has 1 aromatic carbocycles. The third kappa shape index (κ3) is 1.21. The Morgan fingerprint density at radius 2 is 2.20 bits per heavy atom. The predicted octanol–water partition coefficient (Wildman–Crippen LogP) is 2.52. The Hall–Kier alpha value is -0.760. The van der Waals surface area contributed by atoms with Crippen molar-refractivity contribution in [2.45, 2.75) is 0 Å². The fourth-order valence-corrected chi connectivity index (χ4v) is 0.871. The van der Waals surface area contributed by atoms with Crippen molar-refractivity contribution in [2.75, 3.05) is 12.4 Å². The number of nitrogens with one attached hydrogen (secondary N) is 1. The van der Waals surface area contributed by atoms with Crippen LogP contribution in [0.1, 0.15) is 0 Å². The molecule has 0 heterocycles. The normalized spacial score (nSPS) is 9.50. The van der Waals surface area contributed by atoms with Crippen molar-refractivity contribution in [3.8, 4) is 0 Å². The van der Waals surface area contributed by atoms with Crippen molar-refractivity contribution < 1.29 is 4.39 Å². The molecule has 1 rings (SSSR count). The molecule has 0 aliphatic rings. The molecular weight excluding hydrogens is 153 g/mol. The smallest absolute Gasteiger partial charge is 0.164 e.